The fourth-order valence-electron chi connectivity index (χ4n) is 1.73. The van der Waals surface area contributed by atoms with E-state index in [0.29, 0.717) is 16.7 Å². The molecule has 0 unspecified atom stereocenters. The van der Waals surface area contributed by atoms with Crippen LogP contribution in [-0.2, 0) is 9.59 Å². The summed E-state index contributed by atoms with van der Waals surface area (Å²) in [6.07, 6.45) is 2.32. The fraction of sp³-hybridized carbons (Fsp3) is 0.312. The van der Waals surface area contributed by atoms with Gasteiger partial charge in [-0.1, -0.05) is 38.1 Å². The van der Waals surface area contributed by atoms with Gasteiger partial charge in [0.1, 0.15) is 12.1 Å². The maximum atomic E-state index is 12.1. The predicted molar refractivity (Wildman–Crippen MR) is 74.9 cm³/mol. The second kappa shape index (κ2) is 6.78. The van der Waals surface area contributed by atoms with Crippen molar-refractivity contribution in [2.45, 2.75) is 27.2 Å². The van der Waals surface area contributed by atoms with Crippen molar-refractivity contribution in [1.29, 1.82) is 0 Å². The summed E-state index contributed by atoms with van der Waals surface area (Å²) in [6.45, 7) is 5.30. The number of ketones is 2. The molecule has 0 fully saturated rings. The van der Waals surface area contributed by atoms with Crippen LogP contribution in [0.3, 0.4) is 0 Å². The highest BCUT2D eigenvalue weighted by atomic mass is 16.1. The second-order valence-electron chi connectivity index (χ2n) is 4.67. The number of carbonyl (C=O) groups excluding carboxylic acids is 3. The first-order valence-electron chi connectivity index (χ1n) is 6.27. The van der Waals surface area contributed by atoms with Crippen LogP contribution in [0.5, 0.6) is 0 Å². The number of aldehydes is 1. The van der Waals surface area contributed by atoms with Crippen molar-refractivity contribution >= 4 is 23.4 Å². The molecule has 0 atom stereocenters. The highest BCUT2D eigenvalue weighted by Crippen LogP contribution is 2.19. The van der Waals surface area contributed by atoms with E-state index in [1.165, 1.54) is 0 Å². The molecule has 3 heteroatoms. The van der Waals surface area contributed by atoms with Crippen LogP contribution in [0.25, 0.3) is 5.57 Å². The van der Waals surface area contributed by atoms with Crippen molar-refractivity contribution in [1.82, 2.24) is 0 Å². The van der Waals surface area contributed by atoms with Crippen LogP contribution in [0.1, 0.15) is 43.1 Å². The van der Waals surface area contributed by atoms with Crippen LogP contribution in [0.2, 0.25) is 0 Å². The summed E-state index contributed by atoms with van der Waals surface area (Å²) in [7, 11) is 0. The van der Waals surface area contributed by atoms with E-state index in [1.807, 2.05) is 0 Å². The van der Waals surface area contributed by atoms with Gasteiger partial charge in [-0.05, 0) is 18.6 Å². The average Bonchev–Trinajstić information content (AvgIpc) is 2.39. The van der Waals surface area contributed by atoms with E-state index in [1.54, 1.807) is 51.1 Å². The van der Waals surface area contributed by atoms with Gasteiger partial charge in [0.25, 0.3) is 0 Å². The normalized spacial score (nSPS) is 11.5. The van der Waals surface area contributed by atoms with Crippen LogP contribution in [0.4, 0.5) is 0 Å². The van der Waals surface area contributed by atoms with E-state index in [2.05, 4.69) is 0 Å². The second-order valence-corrected chi connectivity index (χ2v) is 4.67. The van der Waals surface area contributed by atoms with E-state index in [4.69, 9.17) is 0 Å². The third kappa shape index (κ3) is 3.98. The molecule has 19 heavy (non-hydrogen) atoms. The Hall–Kier alpha value is -2.03. The minimum absolute atomic E-state index is 0.0732. The lowest BCUT2D eigenvalue weighted by molar-refractivity contribution is -0.126. The van der Waals surface area contributed by atoms with Gasteiger partial charge in [0.2, 0.25) is 0 Å². The number of allylic oxidation sites excluding steroid dienone is 2. The van der Waals surface area contributed by atoms with Crippen molar-refractivity contribution in [3.63, 3.8) is 0 Å². The van der Waals surface area contributed by atoms with Crippen LogP contribution >= 0.6 is 0 Å². The summed E-state index contributed by atoms with van der Waals surface area (Å²) in [5.74, 6) is -0.427. The van der Waals surface area contributed by atoms with Crippen LogP contribution in [0.15, 0.2) is 30.3 Å². The number of hydrogen-bond donors (Lipinski definition) is 0. The lowest BCUT2D eigenvalue weighted by Crippen LogP contribution is -2.14. The Bertz CT molecular complexity index is 525. The van der Waals surface area contributed by atoms with Crippen molar-refractivity contribution in [3.8, 4) is 0 Å². The van der Waals surface area contributed by atoms with Crippen molar-refractivity contribution in [2.24, 2.45) is 5.92 Å². The molecule has 0 bridgehead atoms. The molecule has 0 aliphatic rings. The molecular weight excluding hydrogens is 240 g/mol. The summed E-state index contributed by atoms with van der Waals surface area (Å²) in [4.78, 5) is 34.5. The molecule has 0 saturated carbocycles. The Labute approximate surface area is 113 Å². The Kier molecular flexibility index (Phi) is 5.37. The zero-order chi connectivity index (χ0) is 14.4. The van der Waals surface area contributed by atoms with Gasteiger partial charge < -0.3 is 0 Å². The minimum Gasteiger partial charge on any atom is -0.299 e. The first-order chi connectivity index (χ1) is 8.99. The van der Waals surface area contributed by atoms with Gasteiger partial charge in [-0.3, -0.25) is 14.4 Å². The average molecular weight is 258 g/mol. The minimum atomic E-state index is -0.204. The number of benzene rings is 1. The Morgan fingerprint density at radius 1 is 1.26 bits per heavy atom. The third-order valence-corrected chi connectivity index (χ3v) is 2.90. The lowest BCUT2D eigenvalue weighted by Gasteiger charge is -2.08. The smallest absolute Gasteiger partial charge is 0.170 e. The summed E-state index contributed by atoms with van der Waals surface area (Å²) >= 11 is 0. The molecule has 0 amide bonds. The molecule has 0 spiro atoms. The molecule has 0 heterocycles. The quantitative estimate of drug-likeness (QED) is 0.447. The zero-order valence-electron chi connectivity index (χ0n) is 11.5. The molecule has 1 aromatic rings. The largest absolute Gasteiger partial charge is 0.299 e. The predicted octanol–water partition coefficient (Wildman–Crippen LogP) is 3.09. The standard InChI is InChI=1S/C16H18O3/c1-4-14(16(19)9-15(18)11(2)3)13-7-5-6-12(8-13)10-17/h4-8,10-11H,9H2,1-3H3. The molecule has 0 radical (unpaired) electrons. The van der Waals surface area contributed by atoms with Gasteiger partial charge >= 0.3 is 0 Å². The molecule has 3 nitrogen and oxygen atoms in total. The fourth-order valence-corrected chi connectivity index (χ4v) is 1.73. The van der Waals surface area contributed by atoms with Crippen LogP contribution in [-0.4, -0.2) is 17.9 Å². The number of hydrogen-bond acceptors (Lipinski definition) is 3. The SMILES string of the molecule is CC=C(C(=O)CC(=O)C(C)C)c1cccc(C=O)c1. The highest BCUT2D eigenvalue weighted by molar-refractivity contribution is 6.25. The zero-order valence-corrected chi connectivity index (χ0v) is 11.5. The number of rotatable bonds is 6. The van der Waals surface area contributed by atoms with Crippen LogP contribution in [0, 0.1) is 5.92 Å². The topological polar surface area (TPSA) is 51.2 Å². The van der Waals surface area contributed by atoms with Gasteiger partial charge in [-0.15, -0.1) is 0 Å². The summed E-state index contributed by atoms with van der Waals surface area (Å²) in [6, 6.07) is 6.81. The molecule has 0 saturated heterocycles. The molecular formula is C16H18O3. The summed E-state index contributed by atoms with van der Waals surface area (Å²) in [5, 5.41) is 0. The van der Waals surface area contributed by atoms with Gasteiger partial charge in [0.05, 0.1) is 6.42 Å². The maximum absolute atomic E-state index is 12.1. The van der Waals surface area contributed by atoms with E-state index < -0.39 is 0 Å². The monoisotopic (exact) mass is 258 g/mol. The van der Waals surface area contributed by atoms with E-state index in [9.17, 15) is 14.4 Å². The Morgan fingerprint density at radius 3 is 2.47 bits per heavy atom. The first-order valence-corrected chi connectivity index (χ1v) is 6.27. The van der Waals surface area contributed by atoms with Crippen LogP contribution < -0.4 is 0 Å². The molecule has 0 aromatic heterocycles. The molecule has 1 rings (SSSR count). The van der Waals surface area contributed by atoms with E-state index in [0.717, 1.165) is 6.29 Å². The van der Waals surface area contributed by atoms with Gasteiger partial charge in [-0.2, -0.15) is 0 Å². The van der Waals surface area contributed by atoms with Gasteiger partial charge in [0.15, 0.2) is 5.78 Å². The molecule has 100 valence electrons. The lowest BCUT2D eigenvalue weighted by atomic mass is 9.94. The number of carbonyl (C=O) groups is 3. The molecule has 1 aromatic carbocycles. The number of Topliss-reactive ketones (excluding diaryl/α,β-unsaturated/α-hetero) is 2. The summed E-state index contributed by atoms with van der Waals surface area (Å²) in [5.41, 5.74) is 1.67. The van der Waals surface area contributed by atoms with Crippen molar-refractivity contribution in [2.75, 3.05) is 0 Å². The van der Waals surface area contributed by atoms with Crippen molar-refractivity contribution in [3.05, 3.63) is 41.5 Å². The van der Waals surface area contributed by atoms with E-state index in [-0.39, 0.29) is 23.9 Å². The molecule has 0 aliphatic heterocycles. The van der Waals surface area contributed by atoms with Crippen molar-refractivity contribution < 1.29 is 14.4 Å². The van der Waals surface area contributed by atoms with Gasteiger partial charge in [-0.25, -0.2) is 0 Å². The highest BCUT2D eigenvalue weighted by Gasteiger charge is 2.17. The maximum Gasteiger partial charge on any atom is 0.170 e. The molecule has 0 N–H and O–H groups in total. The Balaban J connectivity index is 2.98. The Morgan fingerprint density at radius 2 is 1.95 bits per heavy atom. The summed E-state index contributed by atoms with van der Waals surface area (Å²) < 4.78 is 0. The first kappa shape index (κ1) is 15.0. The van der Waals surface area contributed by atoms with Gasteiger partial charge in [0, 0.05) is 17.1 Å². The molecule has 0 aliphatic carbocycles. The van der Waals surface area contributed by atoms with E-state index >= 15 is 0 Å². The third-order valence-electron chi connectivity index (χ3n) is 2.90.